The molecule has 1 aromatic carbocycles. The molecule has 24 heavy (non-hydrogen) atoms. The molecule has 1 fully saturated rings. The summed E-state index contributed by atoms with van der Waals surface area (Å²) in [6, 6.07) is 8.52. The Balaban J connectivity index is 1.79. The Bertz CT molecular complexity index is 975. The van der Waals surface area contributed by atoms with Crippen molar-refractivity contribution >= 4 is 16.8 Å². The van der Waals surface area contributed by atoms with E-state index in [4.69, 9.17) is 4.63 Å². The highest BCUT2D eigenvalue weighted by Crippen LogP contribution is 2.33. The van der Waals surface area contributed by atoms with E-state index in [0.717, 1.165) is 18.2 Å². The Kier molecular flexibility index (Phi) is 3.41. The molecule has 0 spiro atoms. The highest BCUT2D eigenvalue weighted by Gasteiger charge is 2.34. The third-order valence-electron chi connectivity index (χ3n) is 4.50. The molecule has 1 aliphatic heterocycles. The number of aromatic amines is 1. The third-order valence-corrected chi connectivity index (χ3v) is 4.50. The molecule has 1 N–H and O–H groups in total. The van der Waals surface area contributed by atoms with Crippen molar-refractivity contribution in [3.05, 3.63) is 57.6 Å². The zero-order chi connectivity index (χ0) is 16.7. The minimum Gasteiger partial charge on any atom is -0.330 e. The number of carbonyl (C=O) groups is 1. The molecule has 1 aliphatic rings. The fourth-order valence-corrected chi connectivity index (χ4v) is 3.37. The summed E-state index contributed by atoms with van der Waals surface area (Å²) in [5.41, 5.74) is 2.16. The van der Waals surface area contributed by atoms with Gasteiger partial charge in [-0.2, -0.15) is 0 Å². The van der Waals surface area contributed by atoms with Crippen molar-refractivity contribution in [1.29, 1.82) is 0 Å². The van der Waals surface area contributed by atoms with Gasteiger partial charge in [0.2, 0.25) is 5.56 Å². The summed E-state index contributed by atoms with van der Waals surface area (Å²) in [6.07, 6.45) is 1.69. The van der Waals surface area contributed by atoms with E-state index in [-0.39, 0.29) is 17.5 Å². The van der Waals surface area contributed by atoms with Gasteiger partial charge >= 0.3 is 0 Å². The maximum Gasteiger partial charge on any atom is 0.255 e. The van der Waals surface area contributed by atoms with E-state index in [9.17, 15) is 9.59 Å². The minimum atomic E-state index is -0.285. The van der Waals surface area contributed by atoms with Crippen LogP contribution in [0.4, 0.5) is 0 Å². The van der Waals surface area contributed by atoms with Gasteiger partial charge in [0.15, 0.2) is 0 Å². The van der Waals surface area contributed by atoms with Gasteiger partial charge in [0, 0.05) is 23.5 Å². The third kappa shape index (κ3) is 2.29. The molecule has 0 aliphatic carbocycles. The molecule has 2 aromatic heterocycles. The molecule has 1 saturated heterocycles. The number of carbonyl (C=O) groups excluding carboxylic acids is 1. The second-order valence-corrected chi connectivity index (χ2v) is 5.98. The van der Waals surface area contributed by atoms with Crippen LogP contribution in [0.2, 0.25) is 0 Å². The number of likely N-dealkylation sites (tertiary alicyclic amines) is 1. The number of nitrogens with one attached hydrogen (secondary N) is 1. The average molecular weight is 324 g/mol. The highest BCUT2D eigenvalue weighted by molar-refractivity contribution is 6.06. The number of rotatable bonds is 2. The lowest BCUT2D eigenvalue weighted by Gasteiger charge is -2.23. The van der Waals surface area contributed by atoms with Crippen molar-refractivity contribution in [2.45, 2.75) is 25.8 Å². The zero-order valence-corrected chi connectivity index (χ0v) is 13.2. The number of nitrogens with zero attached hydrogens (tertiary/aromatic N) is 3. The molecular weight excluding hydrogens is 308 g/mol. The minimum absolute atomic E-state index is 0.165. The second kappa shape index (κ2) is 5.59. The molecule has 1 unspecified atom stereocenters. The van der Waals surface area contributed by atoms with E-state index in [1.165, 1.54) is 6.07 Å². The number of hydrogen-bond donors (Lipinski definition) is 1. The van der Waals surface area contributed by atoms with Crippen LogP contribution in [0.5, 0.6) is 0 Å². The van der Waals surface area contributed by atoms with Crippen LogP contribution in [-0.2, 0) is 0 Å². The van der Waals surface area contributed by atoms with Crippen molar-refractivity contribution < 1.29 is 9.42 Å². The largest absolute Gasteiger partial charge is 0.330 e. The van der Waals surface area contributed by atoms with Gasteiger partial charge in [-0.3, -0.25) is 9.59 Å². The smallest absolute Gasteiger partial charge is 0.255 e. The first-order chi connectivity index (χ1) is 11.6. The van der Waals surface area contributed by atoms with Crippen LogP contribution < -0.4 is 5.56 Å². The Labute approximate surface area is 137 Å². The first kappa shape index (κ1) is 14.6. The van der Waals surface area contributed by atoms with Crippen LogP contribution in [0.1, 0.15) is 40.6 Å². The predicted molar refractivity (Wildman–Crippen MR) is 86.6 cm³/mol. The number of benzene rings is 1. The molecule has 1 amide bonds. The number of para-hydroxylation sites is 1. The highest BCUT2D eigenvalue weighted by atomic mass is 16.6. The van der Waals surface area contributed by atoms with Crippen molar-refractivity contribution in [1.82, 2.24) is 20.2 Å². The number of pyridine rings is 1. The van der Waals surface area contributed by atoms with Crippen molar-refractivity contribution in [2.75, 3.05) is 6.54 Å². The number of amides is 1. The Morgan fingerprint density at radius 2 is 2.17 bits per heavy atom. The van der Waals surface area contributed by atoms with Crippen LogP contribution in [0, 0.1) is 6.92 Å². The topological polar surface area (TPSA) is 92.1 Å². The van der Waals surface area contributed by atoms with E-state index in [2.05, 4.69) is 15.3 Å². The van der Waals surface area contributed by atoms with Gasteiger partial charge in [-0.25, -0.2) is 4.63 Å². The SMILES string of the molecule is Cc1nonc1C1CCCN1C(=O)c1cc(=O)[nH]c2ccccc12. The molecule has 0 bridgehead atoms. The van der Waals surface area contributed by atoms with Crippen LogP contribution in [-0.4, -0.2) is 32.6 Å². The molecule has 7 heteroatoms. The molecule has 0 saturated carbocycles. The van der Waals surface area contributed by atoms with Gasteiger partial charge in [-0.1, -0.05) is 28.5 Å². The number of aryl methyl sites for hydroxylation is 1. The summed E-state index contributed by atoms with van der Waals surface area (Å²) < 4.78 is 4.79. The first-order valence-corrected chi connectivity index (χ1v) is 7.87. The number of hydrogen-bond acceptors (Lipinski definition) is 5. The van der Waals surface area contributed by atoms with Gasteiger partial charge in [-0.05, 0) is 25.8 Å². The zero-order valence-electron chi connectivity index (χ0n) is 13.2. The predicted octanol–water partition coefficient (Wildman–Crippen LogP) is 2.20. The molecule has 4 rings (SSSR count). The van der Waals surface area contributed by atoms with Crippen molar-refractivity contribution in [2.24, 2.45) is 0 Å². The fourth-order valence-electron chi connectivity index (χ4n) is 3.37. The Morgan fingerprint density at radius 3 is 2.96 bits per heavy atom. The van der Waals surface area contributed by atoms with Crippen LogP contribution >= 0.6 is 0 Å². The fraction of sp³-hybridized carbons (Fsp3) is 0.294. The van der Waals surface area contributed by atoms with Gasteiger partial charge in [0.25, 0.3) is 5.91 Å². The summed E-state index contributed by atoms with van der Waals surface area (Å²) in [5.74, 6) is -0.165. The molecular formula is C17H16N4O3. The maximum absolute atomic E-state index is 13.1. The van der Waals surface area contributed by atoms with E-state index in [1.807, 2.05) is 25.1 Å². The Hall–Kier alpha value is -2.96. The van der Waals surface area contributed by atoms with Gasteiger partial charge in [-0.15, -0.1) is 0 Å². The lowest BCUT2D eigenvalue weighted by molar-refractivity contribution is 0.0732. The molecule has 3 heterocycles. The van der Waals surface area contributed by atoms with Crippen molar-refractivity contribution in [3.8, 4) is 0 Å². The van der Waals surface area contributed by atoms with Crippen molar-refractivity contribution in [3.63, 3.8) is 0 Å². The molecule has 0 radical (unpaired) electrons. The van der Waals surface area contributed by atoms with E-state index in [1.54, 1.807) is 11.0 Å². The Morgan fingerprint density at radius 1 is 1.33 bits per heavy atom. The molecule has 122 valence electrons. The number of aromatic nitrogens is 3. The average Bonchev–Trinajstić information content (AvgIpc) is 3.21. The van der Waals surface area contributed by atoms with E-state index in [0.29, 0.717) is 29.0 Å². The molecule has 7 nitrogen and oxygen atoms in total. The maximum atomic E-state index is 13.1. The quantitative estimate of drug-likeness (QED) is 0.780. The van der Waals surface area contributed by atoms with Gasteiger partial charge in [0.1, 0.15) is 11.4 Å². The lowest BCUT2D eigenvalue weighted by atomic mass is 10.1. The monoisotopic (exact) mass is 324 g/mol. The molecule has 3 aromatic rings. The summed E-state index contributed by atoms with van der Waals surface area (Å²) >= 11 is 0. The summed E-state index contributed by atoms with van der Waals surface area (Å²) in [5, 5.41) is 8.51. The normalized spacial score (nSPS) is 17.5. The molecule has 1 atom stereocenters. The van der Waals surface area contributed by atoms with E-state index >= 15 is 0 Å². The van der Waals surface area contributed by atoms with Crippen LogP contribution in [0.15, 0.2) is 39.8 Å². The standard InChI is InChI=1S/C17H16N4O3/c1-10-16(20-24-19-10)14-7-4-8-21(14)17(23)12-9-15(22)18-13-6-3-2-5-11(12)13/h2-3,5-6,9,14H,4,7-8H2,1H3,(H,18,22). The van der Waals surface area contributed by atoms with Crippen LogP contribution in [0.25, 0.3) is 10.9 Å². The van der Waals surface area contributed by atoms with Gasteiger partial charge < -0.3 is 9.88 Å². The summed E-state index contributed by atoms with van der Waals surface area (Å²) in [6.45, 7) is 2.44. The summed E-state index contributed by atoms with van der Waals surface area (Å²) in [4.78, 5) is 29.6. The lowest BCUT2D eigenvalue weighted by Crippen LogP contribution is -2.32. The number of H-pyrrole nitrogens is 1. The summed E-state index contributed by atoms with van der Waals surface area (Å²) in [7, 11) is 0. The van der Waals surface area contributed by atoms with Crippen LogP contribution in [0.3, 0.4) is 0 Å². The first-order valence-electron chi connectivity index (χ1n) is 7.87. The van der Waals surface area contributed by atoms with E-state index < -0.39 is 0 Å². The second-order valence-electron chi connectivity index (χ2n) is 5.98. The van der Waals surface area contributed by atoms with Gasteiger partial charge in [0.05, 0.1) is 11.6 Å². The number of fused-ring (bicyclic) bond motifs is 1.